The Hall–Kier alpha value is -2.15. The Morgan fingerprint density at radius 3 is 2.89 bits per heavy atom. The zero-order valence-electron chi connectivity index (χ0n) is 10.5. The number of anilines is 1. The first-order chi connectivity index (χ1) is 9.13. The molecule has 0 aliphatic carbocycles. The molecule has 6 nitrogen and oxygen atoms in total. The van der Waals surface area contributed by atoms with Crippen LogP contribution in [0.15, 0.2) is 18.2 Å². The monoisotopic (exact) mass is 279 g/mol. The number of urea groups is 1. The molecule has 1 heterocycles. The van der Waals surface area contributed by atoms with Gasteiger partial charge in [0.2, 0.25) is 0 Å². The third-order valence-electron chi connectivity index (χ3n) is 2.37. The quantitative estimate of drug-likeness (QED) is 0.844. The Bertz CT molecular complexity index is 624. The lowest BCUT2D eigenvalue weighted by molar-refractivity contribution is 0.0601. The first-order valence-corrected chi connectivity index (χ1v) is 6.49. The molecule has 2 amide bonds. The summed E-state index contributed by atoms with van der Waals surface area (Å²) in [6.45, 7) is 2.38. The zero-order chi connectivity index (χ0) is 13.8. The molecular formula is C12H13N3O3S. The maximum Gasteiger partial charge on any atom is 0.337 e. The number of fused-ring (bicyclic) bond motifs is 1. The maximum absolute atomic E-state index is 11.4. The lowest BCUT2D eigenvalue weighted by atomic mass is 10.2. The molecule has 19 heavy (non-hydrogen) atoms. The van der Waals surface area contributed by atoms with Crippen molar-refractivity contribution in [2.75, 3.05) is 19.0 Å². The van der Waals surface area contributed by atoms with Crippen LogP contribution in [0.3, 0.4) is 0 Å². The number of methoxy groups -OCH3 is 1. The molecule has 0 saturated carbocycles. The first-order valence-electron chi connectivity index (χ1n) is 5.67. The van der Waals surface area contributed by atoms with Crippen LogP contribution in [0, 0.1) is 0 Å². The Balaban J connectivity index is 2.25. The van der Waals surface area contributed by atoms with Gasteiger partial charge in [-0.25, -0.2) is 14.6 Å². The number of nitrogens with one attached hydrogen (secondary N) is 2. The van der Waals surface area contributed by atoms with Crippen LogP contribution in [-0.4, -0.2) is 30.6 Å². The number of carbonyl (C=O) groups excluding carboxylic acids is 2. The predicted molar refractivity (Wildman–Crippen MR) is 73.7 cm³/mol. The van der Waals surface area contributed by atoms with Gasteiger partial charge >= 0.3 is 12.0 Å². The number of benzene rings is 1. The second-order valence-corrected chi connectivity index (χ2v) is 4.71. The minimum atomic E-state index is -0.395. The van der Waals surface area contributed by atoms with E-state index in [0.29, 0.717) is 17.2 Å². The summed E-state index contributed by atoms with van der Waals surface area (Å²) in [7, 11) is 1.33. The number of ether oxygens (including phenoxy) is 1. The van der Waals surface area contributed by atoms with Crippen LogP contribution in [0.2, 0.25) is 0 Å². The molecule has 0 spiro atoms. The number of rotatable bonds is 3. The summed E-state index contributed by atoms with van der Waals surface area (Å²) >= 11 is 1.30. The largest absolute Gasteiger partial charge is 0.465 e. The van der Waals surface area contributed by atoms with Gasteiger partial charge in [0, 0.05) is 6.54 Å². The van der Waals surface area contributed by atoms with Gasteiger partial charge in [0.1, 0.15) is 0 Å². The van der Waals surface area contributed by atoms with Crippen molar-refractivity contribution in [3.8, 4) is 0 Å². The van der Waals surface area contributed by atoms with Gasteiger partial charge in [-0.15, -0.1) is 0 Å². The molecule has 1 aromatic carbocycles. The topological polar surface area (TPSA) is 80.3 Å². The van der Waals surface area contributed by atoms with Crippen molar-refractivity contribution >= 4 is 38.7 Å². The van der Waals surface area contributed by atoms with Crippen molar-refractivity contribution in [3.63, 3.8) is 0 Å². The van der Waals surface area contributed by atoms with E-state index >= 15 is 0 Å². The summed E-state index contributed by atoms with van der Waals surface area (Å²) < 4.78 is 5.47. The van der Waals surface area contributed by atoms with Crippen molar-refractivity contribution in [1.82, 2.24) is 10.3 Å². The van der Waals surface area contributed by atoms with E-state index < -0.39 is 5.97 Å². The summed E-state index contributed by atoms with van der Waals surface area (Å²) in [5.74, 6) is -0.395. The SMILES string of the molecule is CCNC(=O)Nc1nc2ccc(C(=O)OC)cc2s1. The van der Waals surface area contributed by atoms with E-state index in [1.54, 1.807) is 18.2 Å². The Morgan fingerprint density at radius 2 is 2.21 bits per heavy atom. The summed E-state index contributed by atoms with van der Waals surface area (Å²) in [6.07, 6.45) is 0. The van der Waals surface area contributed by atoms with Crippen molar-refractivity contribution in [2.24, 2.45) is 0 Å². The van der Waals surface area contributed by atoms with Gasteiger partial charge in [-0.3, -0.25) is 5.32 Å². The number of nitrogens with zero attached hydrogens (tertiary/aromatic N) is 1. The van der Waals surface area contributed by atoms with Crippen molar-refractivity contribution in [3.05, 3.63) is 23.8 Å². The molecule has 2 rings (SSSR count). The molecule has 0 bridgehead atoms. The van der Waals surface area contributed by atoms with Crippen LogP contribution in [0.25, 0.3) is 10.2 Å². The molecule has 0 fully saturated rings. The van der Waals surface area contributed by atoms with E-state index in [1.807, 2.05) is 6.92 Å². The average molecular weight is 279 g/mol. The minimum absolute atomic E-state index is 0.297. The lowest BCUT2D eigenvalue weighted by Gasteiger charge is -2.00. The highest BCUT2D eigenvalue weighted by atomic mass is 32.1. The van der Waals surface area contributed by atoms with Crippen LogP contribution in [0.5, 0.6) is 0 Å². The number of esters is 1. The van der Waals surface area contributed by atoms with Gasteiger partial charge in [0.25, 0.3) is 0 Å². The molecule has 100 valence electrons. The molecule has 0 aliphatic heterocycles. The highest BCUT2D eigenvalue weighted by Crippen LogP contribution is 2.26. The summed E-state index contributed by atoms with van der Waals surface area (Å²) in [4.78, 5) is 27.0. The third-order valence-corrected chi connectivity index (χ3v) is 3.30. The smallest absolute Gasteiger partial charge is 0.337 e. The molecule has 0 saturated heterocycles. The number of carbonyl (C=O) groups is 2. The lowest BCUT2D eigenvalue weighted by Crippen LogP contribution is -2.28. The summed E-state index contributed by atoms with van der Waals surface area (Å²) in [5.41, 5.74) is 1.19. The summed E-state index contributed by atoms with van der Waals surface area (Å²) in [6, 6.07) is 4.77. The number of hydrogen-bond donors (Lipinski definition) is 2. The molecule has 7 heteroatoms. The number of aromatic nitrogens is 1. The van der Waals surface area contributed by atoms with Gasteiger partial charge in [0.05, 0.1) is 22.9 Å². The molecule has 0 atom stereocenters. The predicted octanol–water partition coefficient (Wildman–Crippen LogP) is 2.22. The molecule has 0 aliphatic rings. The highest BCUT2D eigenvalue weighted by Gasteiger charge is 2.10. The standard InChI is InChI=1S/C12H13N3O3S/c1-3-13-11(17)15-12-14-8-5-4-7(10(16)18-2)6-9(8)19-12/h4-6H,3H2,1-2H3,(H2,13,14,15,17). The van der Waals surface area contributed by atoms with Crippen molar-refractivity contribution < 1.29 is 14.3 Å². The Morgan fingerprint density at radius 1 is 1.42 bits per heavy atom. The van der Waals surface area contributed by atoms with Crippen LogP contribution < -0.4 is 10.6 Å². The van der Waals surface area contributed by atoms with Gasteiger partial charge < -0.3 is 10.1 Å². The summed E-state index contributed by atoms with van der Waals surface area (Å²) in [5, 5.41) is 5.74. The Kier molecular flexibility index (Phi) is 3.96. The fourth-order valence-electron chi connectivity index (χ4n) is 1.52. The van der Waals surface area contributed by atoms with Crippen molar-refractivity contribution in [1.29, 1.82) is 0 Å². The second kappa shape index (κ2) is 5.66. The second-order valence-electron chi connectivity index (χ2n) is 3.68. The normalized spacial score (nSPS) is 10.2. The van der Waals surface area contributed by atoms with Gasteiger partial charge in [-0.2, -0.15) is 0 Å². The van der Waals surface area contributed by atoms with Crippen LogP contribution in [0.4, 0.5) is 9.93 Å². The molecular weight excluding hydrogens is 266 g/mol. The van der Waals surface area contributed by atoms with Crippen LogP contribution in [-0.2, 0) is 4.74 Å². The van der Waals surface area contributed by atoms with Crippen molar-refractivity contribution in [2.45, 2.75) is 6.92 Å². The molecule has 1 aromatic heterocycles. The average Bonchev–Trinajstić information content (AvgIpc) is 2.78. The highest BCUT2D eigenvalue weighted by molar-refractivity contribution is 7.22. The van der Waals surface area contributed by atoms with Crippen LogP contribution in [0.1, 0.15) is 17.3 Å². The van der Waals surface area contributed by atoms with Gasteiger partial charge in [-0.05, 0) is 25.1 Å². The molecule has 0 unspecified atom stereocenters. The molecule has 2 N–H and O–H groups in total. The molecule has 0 radical (unpaired) electrons. The molecule has 2 aromatic rings. The van der Waals surface area contributed by atoms with E-state index in [4.69, 9.17) is 0 Å². The van der Waals surface area contributed by atoms with E-state index in [9.17, 15) is 9.59 Å². The van der Waals surface area contributed by atoms with E-state index in [0.717, 1.165) is 10.2 Å². The van der Waals surface area contributed by atoms with E-state index in [-0.39, 0.29) is 6.03 Å². The van der Waals surface area contributed by atoms with E-state index in [2.05, 4.69) is 20.4 Å². The van der Waals surface area contributed by atoms with Gasteiger partial charge in [-0.1, -0.05) is 11.3 Å². The zero-order valence-corrected chi connectivity index (χ0v) is 11.3. The number of amides is 2. The minimum Gasteiger partial charge on any atom is -0.465 e. The third kappa shape index (κ3) is 3.00. The first kappa shape index (κ1) is 13.3. The number of thiazole rings is 1. The fraction of sp³-hybridized carbons (Fsp3) is 0.250. The maximum atomic E-state index is 11.4. The van der Waals surface area contributed by atoms with Crippen LogP contribution >= 0.6 is 11.3 Å². The fourth-order valence-corrected chi connectivity index (χ4v) is 2.42. The van der Waals surface area contributed by atoms with Gasteiger partial charge in [0.15, 0.2) is 5.13 Å². The number of hydrogen-bond acceptors (Lipinski definition) is 5. The van der Waals surface area contributed by atoms with E-state index in [1.165, 1.54) is 18.4 Å². The Labute approximate surface area is 113 Å².